The van der Waals surface area contributed by atoms with Gasteiger partial charge in [-0.15, -0.1) is 23.5 Å². The molecule has 2 unspecified atom stereocenters. The minimum atomic E-state index is -0.984. The number of carboxylic acids is 1. The molecule has 0 saturated carbocycles. The molecule has 0 bridgehead atoms. The zero-order valence-electron chi connectivity index (χ0n) is 11.5. The molecule has 2 atom stereocenters. The Kier molecular flexibility index (Phi) is 5.52. The summed E-state index contributed by atoms with van der Waals surface area (Å²) in [4.78, 5) is 25.4. The first-order valence-corrected chi connectivity index (χ1v) is 8.61. The number of thioether (sulfide) groups is 2. The molecular formula is C14H16FNO3S2. The lowest BCUT2D eigenvalue weighted by molar-refractivity contribution is -0.148. The maximum absolute atomic E-state index is 13.5. The minimum Gasteiger partial charge on any atom is -0.480 e. The second-order valence-corrected chi connectivity index (χ2v) is 6.80. The van der Waals surface area contributed by atoms with Gasteiger partial charge < -0.3 is 10.0 Å². The molecule has 1 aliphatic rings. The highest BCUT2D eigenvalue weighted by molar-refractivity contribution is 8.00. The molecule has 1 aromatic rings. The fourth-order valence-corrected chi connectivity index (χ4v) is 4.36. The molecule has 1 amide bonds. The number of nitrogens with zero attached hydrogens (tertiary/aromatic N) is 1. The van der Waals surface area contributed by atoms with E-state index in [4.69, 9.17) is 0 Å². The summed E-state index contributed by atoms with van der Waals surface area (Å²) >= 11 is 2.58. The highest BCUT2D eigenvalue weighted by atomic mass is 32.2. The Balaban J connectivity index is 2.04. The summed E-state index contributed by atoms with van der Waals surface area (Å²) in [6, 6.07) is 5.46. The lowest BCUT2D eigenvalue weighted by Crippen LogP contribution is -2.46. The predicted molar refractivity (Wildman–Crippen MR) is 81.9 cm³/mol. The molecule has 1 heterocycles. The van der Waals surface area contributed by atoms with Gasteiger partial charge in [-0.2, -0.15) is 0 Å². The summed E-state index contributed by atoms with van der Waals surface area (Å²) in [7, 11) is 0. The van der Waals surface area contributed by atoms with Crippen LogP contribution in [0.2, 0.25) is 0 Å². The molecule has 1 N–H and O–H groups in total. The third-order valence-electron chi connectivity index (χ3n) is 3.20. The smallest absolute Gasteiger partial charge is 0.327 e. The van der Waals surface area contributed by atoms with Crippen LogP contribution in [0.25, 0.3) is 0 Å². The van der Waals surface area contributed by atoms with Crippen molar-refractivity contribution >= 4 is 35.4 Å². The van der Waals surface area contributed by atoms with Crippen LogP contribution in [0.4, 0.5) is 4.39 Å². The van der Waals surface area contributed by atoms with E-state index < -0.39 is 12.0 Å². The Morgan fingerprint density at radius 1 is 1.48 bits per heavy atom. The predicted octanol–water partition coefficient (Wildman–Crippen LogP) is 2.68. The summed E-state index contributed by atoms with van der Waals surface area (Å²) in [6.07, 6.45) is 0.699. The average molecular weight is 329 g/mol. The van der Waals surface area contributed by atoms with Gasteiger partial charge >= 0.3 is 5.97 Å². The van der Waals surface area contributed by atoms with Crippen LogP contribution in [0.3, 0.4) is 0 Å². The topological polar surface area (TPSA) is 57.6 Å². The van der Waals surface area contributed by atoms with Gasteiger partial charge in [0.15, 0.2) is 0 Å². The van der Waals surface area contributed by atoms with E-state index in [0.29, 0.717) is 17.1 Å². The largest absolute Gasteiger partial charge is 0.480 e. The highest BCUT2D eigenvalue weighted by Gasteiger charge is 2.40. The van der Waals surface area contributed by atoms with Gasteiger partial charge in [-0.05, 0) is 18.6 Å². The van der Waals surface area contributed by atoms with Gasteiger partial charge in [0.05, 0.1) is 11.1 Å². The Labute approximate surface area is 131 Å². The van der Waals surface area contributed by atoms with Gasteiger partial charge in [-0.3, -0.25) is 4.79 Å². The van der Waals surface area contributed by atoms with E-state index in [1.807, 2.05) is 6.92 Å². The third-order valence-corrected chi connectivity index (χ3v) is 5.69. The first-order valence-electron chi connectivity index (χ1n) is 6.57. The minimum absolute atomic E-state index is 0.0434. The van der Waals surface area contributed by atoms with Crippen molar-refractivity contribution in [3.63, 3.8) is 0 Å². The highest BCUT2D eigenvalue weighted by Crippen LogP contribution is 2.32. The standard InChI is InChI=1S/C14H16FNO3S2/c1-2-13-16(10(7-21-13)14(18)19)12(17)8-20-11-6-4-3-5-9(11)15/h3-6,10,13H,2,7-8H2,1H3,(H,18,19). The molecule has 1 fully saturated rings. The summed E-state index contributed by atoms with van der Waals surface area (Å²) < 4.78 is 13.5. The molecule has 21 heavy (non-hydrogen) atoms. The number of carbonyl (C=O) groups is 2. The average Bonchev–Trinajstić information content (AvgIpc) is 2.90. The van der Waals surface area contributed by atoms with Crippen LogP contribution < -0.4 is 0 Å². The van der Waals surface area contributed by atoms with Gasteiger partial charge in [0.25, 0.3) is 0 Å². The molecule has 0 aromatic heterocycles. The lowest BCUT2D eigenvalue weighted by atomic mass is 10.2. The van der Waals surface area contributed by atoms with Crippen molar-refractivity contribution in [1.82, 2.24) is 4.90 Å². The van der Waals surface area contributed by atoms with Crippen LogP contribution in [0.5, 0.6) is 0 Å². The van der Waals surface area contributed by atoms with E-state index in [-0.39, 0.29) is 22.9 Å². The summed E-state index contributed by atoms with van der Waals surface area (Å²) in [6.45, 7) is 1.92. The van der Waals surface area contributed by atoms with E-state index in [0.717, 1.165) is 11.8 Å². The van der Waals surface area contributed by atoms with Gasteiger partial charge in [-0.1, -0.05) is 19.1 Å². The molecule has 0 radical (unpaired) electrons. The normalized spacial score (nSPS) is 21.5. The van der Waals surface area contributed by atoms with Crippen LogP contribution in [0, 0.1) is 5.82 Å². The number of halogens is 1. The maximum atomic E-state index is 13.5. The Morgan fingerprint density at radius 3 is 2.81 bits per heavy atom. The number of benzene rings is 1. The quantitative estimate of drug-likeness (QED) is 0.842. The molecular weight excluding hydrogens is 313 g/mol. The number of amides is 1. The SMILES string of the molecule is CCC1SCC(C(=O)O)N1C(=O)CSc1ccccc1F. The molecule has 1 aromatic carbocycles. The second-order valence-electron chi connectivity index (χ2n) is 4.57. The van der Waals surface area contributed by atoms with Crippen molar-refractivity contribution in [3.05, 3.63) is 30.1 Å². The number of aliphatic carboxylic acids is 1. The Bertz CT molecular complexity index is 541. The van der Waals surface area contributed by atoms with Gasteiger partial charge in [0.2, 0.25) is 5.91 Å². The van der Waals surface area contributed by atoms with Gasteiger partial charge in [0.1, 0.15) is 11.9 Å². The van der Waals surface area contributed by atoms with Crippen molar-refractivity contribution in [2.45, 2.75) is 29.7 Å². The summed E-state index contributed by atoms with van der Waals surface area (Å²) in [5, 5.41) is 9.09. The van der Waals surface area contributed by atoms with Crippen molar-refractivity contribution in [2.24, 2.45) is 0 Å². The zero-order valence-corrected chi connectivity index (χ0v) is 13.1. The molecule has 0 aliphatic carbocycles. The van der Waals surface area contributed by atoms with Crippen molar-refractivity contribution in [2.75, 3.05) is 11.5 Å². The van der Waals surface area contributed by atoms with Crippen LogP contribution in [-0.4, -0.2) is 44.8 Å². The Hall–Kier alpha value is -1.21. The number of rotatable bonds is 5. The monoisotopic (exact) mass is 329 g/mol. The fraction of sp³-hybridized carbons (Fsp3) is 0.429. The number of carbonyl (C=O) groups excluding carboxylic acids is 1. The van der Waals surface area contributed by atoms with Crippen molar-refractivity contribution < 1.29 is 19.1 Å². The van der Waals surface area contributed by atoms with E-state index in [2.05, 4.69) is 0 Å². The van der Waals surface area contributed by atoms with E-state index >= 15 is 0 Å². The third kappa shape index (κ3) is 3.71. The lowest BCUT2D eigenvalue weighted by Gasteiger charge is -2.26. The summed E-state index contributed by atoms with van der Waals surface area (Å²) in [5.41, 5.74) is 0. The molecule has 0 spiro atoms. The maximum Gasteiger partial charge on any atom is 0.327 e. The molecule has 2 rings (SSSR count). The molecule has 4 nitrogen and oxygen atoms in total. The van der Waals surface area contributed by atoms with E-state index in [1.54, 1.807) is 18.2 Å². The van der Waals surface area contributed by atoms with Gasteiger partial charge in [-0.25, -0.2) is 9.18 Å². The van der Waals surface area contributed by atoms with Crippen LogP contribution >= 0.6 is 23.5 Å². The van der Waals surface area contributed by atoms with Crippen LogP contribution in [-0.2, 0) is 9.59 Å². The fourth-order valence-electron chi connectivity index (χ4n) is 2.18. The first kappa shape index (κ1) is 16.2. The van der Waals surface area contributed by atoms with Crippen LogP contribution in [0.15, 0.2) is 29.2 Å². The van der Waals surface area contributed by atoms with Crippen LogP contribution in [0.1, 0.15) is 13.3 Å². The second kappa shape index (κ2) is 7.17. The Morgan fingerprint density at radius 2 is 2.19 bits per heavy atom. The van der Waals surface area contributed by atoms with Gasteiger partial charge in [0, 0.05) is 10.6 Å². The van der Waals surface area contributed by atoms with E-state index in [9.17, 15) is 19.1 Å². The van der Waals surface area contributed by atoms with Crippen molar-refractivity contribution in [3.8, 4) is 0 Å². The zero-order chi connectivity index (χ0) is 15.4. The molecule has 7 heteroatoms. The molecule has 114 valence electrons. The number of hydrogen-bond donors (Lipinski definition) is 1. The number of hydrogen-bond acceptors (Lipinski definition) is 4. The van der Waals surface area contributed by atoms with E-state index in [1.165, 1.54) is 22.7 Å². The van der Waals surface area contributed by atoms with Crippen molar-refractivity contribution in [1.29, 1.82) is 0 Å². The molecule has 1 saturated heterocycles. The first-order chi connectivity index (χ1) is 10.0. The molecule has 1 aliphatic heterocycles. The summed E-state index contributed by atoms with van der Waals surface area (Å²) in [5.74, 6) is -1.16. The number of carboxylic acid groups (broad SMARTS) is 1.